The quantitative estimate of drug-likeness (QED) is 0.513. The van der Waals surface area contributed by atoms with Gasteiger partial charge in [0.15, 0.2) is 0 Å². The second-order valence-corrected chi connectivity index (χ2v) is 4.81. The first-order valence-corrected chi connectivity index (χ1v) is 6.38. The third kappa shape index (κ3) is 3.11. The molecule has 0 amide bonds. The maximum Gasteiger partial charge on any atom is 0.311 e. The summed E-state index contributed by atoms with van der Waals surface area (Å²) >= 11 is 0. The van der Waals surface area contributed by atoms with E-state index in [4.69, 9.17) is 0 Å². The molecule has 0 unspecified atom stereocenters. The Morgan fingerprint density at radius 1 is 1.53 bits per heavy atom. The number of aromatic nitrogens is 1. The van der Waals surface area contributed by atoms with Gasteiger partial charge in [-0.3, -0.25) is 10.1 Å². The van der Waals surface area contributed by atoms with Gasteiger partial charge in [0.2, 0.25) is 5.82 Å². The highest BCUT2D eigenvalue weighted by Gasteiger charge is 2.43. The third-order valence-corrected chi connectivity index (χ3v) is 3.17. The Bertz CT molecular complexity index is 474. The number of hydrogen-bond acceptors (Lipinski definition) is 6. The van der Waals surface area contributed by atoms with E-state index < -0.39 is 10.5 Å². The average molecular weight is 266 g/mol. The van der Waals surface area contributed by atoms with Crippen LogP contribution >= 0.6 is 0 Å². The van der Waals surface area contributed by atoms with Gasteiger partial charge in [0.1, 0.15) is 5.82 Å². The molecule has 0 spiro atoms. The molecule has 7 heteroatoms. The van der Waals surface area contributed by atoms with Gasteiger partial charge in [-0.15, -0.1) is 0 Å². The molecular formula is C12H18N4O3. The number of nitrogens with one attached hydrogen (secondary N) is 2. The lowest BCUT2D eigenvalue weighted by molar-refractivity contribution is -0.384. The highest BCUT2D eigenvalue weighted by molar-refractivity contribution is 5.62. The first kappa shape index (κ1) is 13.5. The second kappa shape index (κ2) is 5.40. The van der Waals surface area contributed by atoms with Crippen molar-refractivity contribution in [3.63, 3.8) is 0 Å². The molecule has 1 aromatic heterocycles. The Balaban J connectivity index is 2.23. The van der Waals surface area contributed by atoms with Crippen molar-refractivity contribution in [3.8, 4) is 0 Å². The van der Waals surface area contributed by atoms with Gasteiger partial charge in [0.25, 0.3) is 0 Å². The lowest BCUT2D eigenvalue weighted by Gasteiger charge is -2.15. The molecule has 0 aromatic carbocycles. The van der Waals surface area contributed by atoms with Gasteiger partial charge in [0, 0.05) is 12.6 Å². The average Bonchev–Trinajstić information content (AvgIpc) is 3.16. The second-order valence-electron chi connectivity index (χ2n) is 4.81. The van der Waals surface area contributed by atoms with Crippen LogP contribution in [0.15, 0.2) is 12.1 Å². The number of nitro groups is 1. The van der Waals surface area contributed by atoms with Crippen LogP contribution in [0.3, 0.4) is 0 Å². The van der Waals surface area contributed by atoms with E-state index in [1.807, 2.05) is 6.92 Å². The van der Waals surface area contributed by atoms with Gasteiger partial charge >= 0.3 is 5.69 Å². The lowest BCUT2D eigenvalue weighted by Crippen LogP contribution is -2.26. The van der Waals surface area contributed by atoms with Crippen LogP contribution < -0.4 is 10.6 Å². The van der Waals surface area contributed by atoms with Gasteiger partial charge in [-0.25, -0.2) is 4.98 Å². The summed E-state index contributed by atoms with van der Waals surface area (Å²) in [5.74, 6) is 0.821. The summed E-state index contributed by atoms with van der Waals surface area (Å²) in [6, 6.07) is 3.03. The lowest BCUT2D eigenvalue weighted by atomic mass is 10.2. The molecule has 0 aliphatic heterocycles. The van der Waals surface area contributed by atoms with E-state index >= 15 is 0 Å². The number of rotatable bonds is 7. The van der Waals surface area contributed by atoms with Crippen molar-refractivity contribution in [2.75, 3.05) is 23.8 Å². The zero-order valence-electron chi connectivity index (χ0n) is 10.8. The van der Waals surface area contributed by atoms with Crippen LogP contribution in [0.5, 0.6) is 0 Å². The number of anilines is 2. The molecule has 0 radical (unpaired) electrons. The minimum absolute atomic E-state index is 0.0432. The molecule has 0 atom stereocenters. The van der Waals surface area contributed by atoms with Crippen molar-refractivity contribution in [3.05, 3.63) is 22.2 Å². The Morgan fingerprint density at radius 3 is 2.79 bits per heavy atom. The van der Waals surface area contributed by atoms with Gasteiger partial charge < -0.3 is 15.7 Å². The summed E-state index contributed by atoms with van der Waals surface area (Å²) < 4.78 is 0. The minimum atomic E-state index is -0.466. The highest BCUT2D eigenvalue weighted by Crippen LogP contribution is 2.40. The predicted molar refractivity (Wildman–Crippen MR) is 72.3 cm³/mol. The Labute approximate surface area is 111 Å². The molecule has 1 saturated carbocycles. The van der Waals surface area contributed by atoms with E-state index in [0.29, 0.717) is 5.82 Å². The standard InChI is InChI=1S/C12H18N4O3/c1-2-7-13-10-4-3-9(16(18)19)11(14-10)15-12(8-17)5-6-12/h3-4,17H,2,5-8H2,1H3,(H2,13,14,15). The number of aliphatic hydroxyl groups excluding tert-OH is 1. The molecule has 19 heavy (non-hydrogen) atoms. The number of hydrogen-bond donors (Lipinski definition) is 3. The molecule has 2 rings (SSSR count). The van der Waals surface area contributed by atoms with Gasteiger partial charge in [-0.1, -0.05) is 6.92 Å². The van der Waals surface area contributed by atoms with E-state index in [1.54, 1.807) is 6.07 Å². The van der Waals surface area contributed by atoms with E-state index in [2.05, 4.69) is 15.6 Å². The Kier molecular flexibility index (Phi) is 3.84. The number of pyridine rings is 1. The van der Waals surface area contributed by atoms with Crippen molar-refractivity contribution in [1.29, 1.82) is 0 Å². The third-order valence-electron chi connectivity index (χ3n) is 3.17. The van der Waals surface area contributed by atoms with Crippen molar-refractivity contribution in [2.24, 2.45) is 0 Å². The predicted octanol–water partition coefficient (Wildman–Crippen LogP) is 1.75. The largest absolute Gasteiger partial charge is 0.394 e. The first-order chi connectivity index (χ1) is 9.10. The zero-order valence-corrected chi connectivity index (χ0v) is 10.8. The van der Waals surface area contributed by atoms with Crippen LogP contribution in [-0.4, -0.2) is 33.7 Å². The SMILES string of the molecule is CCCNc1ccc([N+](=O)[O-])c(NC2(CO)CC2)n1. The van der Waals surface area contributed by atoms with Crippen molar-refractivity contribution >= 4 is 17.3 Å². The molecular weight excluding hydrogens is 248 g/mol. The molecule has 0 bridgehead atoms. The molecule has 0 saturated heterocycles. The molecule has 1 heterocycles. The summed E-state index contributed by atoms with van der Waals surface area (Å²) in [5, 5.41) is 26.4. The molecule has 7 nitrogen and oxygen atoms in total. The van der Waals surface area contributed by atoms with Gasteiger partial charge in [-0.2, -0.15) is 0 Å². The number of aliphatic hydroxyl groups is 1. The monoisotopic (exact) mass is 266 g/mol. The topological polar surface area (TPSA) is 100 Å². The molecule has 1 fully saturated rings. The fraction of sp³-hybridized carbons (Fsp3) is 0.583. The molecule has 104 valence electrons. The van der Waals surface area contributed by atoms with E-state index in [9.17, 15) is 15.2 Å². The Hall–Kier alpha value is -1.89. The van der Waals surface area contributed by atoms with Crippen LogP contribution in [0.25, 0.3) is 0 Å². The maximum absolute atomic E-state index is 11.0. The summed E-state index contributed by atoms with van der Waals surface area (Å²) in [4.78, 5) is 14.7. The van der Waals surface area contributed by atoms with Crippen LogP contribution in [0.4, 0.5) is 17.3 Å². The summed E-state index contributed by atoms with van der Waals surface area (Å²) in [5.41, 5.74) is -0.497. The summed E-state index contributed by atoms with van der Waals surface area (Å²) in [7, 11) is 0. The van der Waals surface area contributed by atoms with E-state index in [1.165, 1.54) is 6.07 Å². The van der Waals surface area contributed by atoms with Crippen LogP contribution in [0.1, 0.15) is 26.2 Å². The fourth-order valence-corrected chi connectivity index (χ4v) is 1.77. The maximum atomic E-state index is 11.0. The molecule has 1 aliphatic rings. The Morgan fingerprint density at radius 2 is 2.26 bits per heavy atom. The van der Waals surface area contributed by atoms with Crippen LogP contribution in [0.2, 0.25) is 0 Å². The van der Waals surface area contributed by atoms with Crippen molar-refractivity contribution in [1.82, 2.24) is 4.98 Å². The molecule has 3 N–H and O–H groups in total. The van der Waals surface area contributed by atoms with Gasteiger partial charge in [-0.05, 0) is 25.3 Å². The molecule has 1 aromatic rings. The van der Waals surface area contributed by atoms with Crippen molar-refractivity contribution < 1.29 is 10.0 Å². The number of nitrogens with zero attached hydrogens (tertiary/aromatic N) is 2. The fourth-order valence-electron chi connectivity index (χ4n) is 1.77. The summed E-state index contributed by atoms with van der Waals surface area (Å²) in [6.07, 6.45) is 2.55. The molecule has 1 aliphatic carbocycles. The minimum Gasteiger partial charge on any atom is -0.394 e. The first-order valence-electron chi connectivity index (χ1n) is 6.38. The van der Waals surface area contributed by atoms with Gasteiger partial charge in [0.05, 0.1) is 17.1 Å². The van der Waals surface area contributed by atoms with Crippen molar-refractivity contribution in [2.45, 2.75) is 31.7 Å². The summed E-state index contributed by atoms with van der Waals surface area (Å²) in [6.45, 7) is 2.75. The van der Waals surface area contributed by atoms with Crippen LogP contribution in [0, 0.1) is 10.1 Å². The smallest absolute Gasteiger partial charge is 0.311 e. The zero-order chi connectivity index (χ0) is 13.9. The van der Waals surface area contributed by atoms with E-state index in [-0.39, 0.29) is 18.1 Å². The van der Waals surface area contributed by atoms with E-state index in [0.717, 1.165) is 25.8 Å². The highest BCUT2D eigenvalue weighted by atomic mass is 16.6. The van der Waals surface area contributed by atoms with Crippen LogP contribution in [-0.2, 0) is 0 Å². The normalized spacial score (nSPS) is 15.9.